The molecule has 0 radical (unpaired) electrons. The predicted molar refractivity (Wildman–Crippen MR) is 54.6 cm³/mol. The molecule has 0 aromatic heterocycles. The van der Waals surface area contributed by atoms with Crippen molar-refractivity contribution in [3.63, 3.8) is 0 Å². The summed E-state index contributed by atoms with van der Waals surface area (Å²) in [5, 5.41) is 3.56. The number of rotatable bonds is 2. The molecule has 2 aliphatic carbocycles. The van der Waals surface area contributed by atoms with E-state index in [-0.39, 0.29) is 0 Å². The summed E-state index contributed by atoms with van der Waals surface area (Å²) < 4.78 is 0. The fourth-order valence-corrected chi connectivity index (χ4v) is 3.99. The van der Waals surface area contributed by atoms with Gasteiger partial charge in [0.25, 0.3) is 0 Å². The highest BCUT2D eigenvalue weighted by Crippen LogP contribution is 2.59. The Kier molecular flexibility index (Phi) is 1.90. The SMILES string of the molecule is C1CCC(C2CC2)(C2CCNC2)C1. The fraction of sp³-hybridized carbons (Fsp3) is 1.00. The van der Waals surface area contributed by atoms with Crippen LogP contribution >= 0.6 is 0 Å². The van der Waals surface area contributed by atoms with E-state index in [0.717, 1.165) is 17.3 Å². The molecule has 74 valence electrons. The van der Waals surface area contributed by atoms with E-state index >= 15 is 0 Å². The first kappa shape index (κ1) is 8.28. The molecule has 0 aromatic carbocycles. The molecule has 0 aromatic rings. The molecule has 0 spiro atoms. The summed E-state index contributed by atoms with van der Waals surface area (Å²) in [6, 6.07) is 0. The van der Waals surface area contributed by atoms with Gasteiger partial charge >= 0.3 is 0 Å². The Balaban J connectivity index is 1.80. The molecule has 0 bridgehead atoms. The zero-order valence-corrected chi connectivity index (χ0v) is 8.52. The van der Waals surface area contributed by atoms with Gasteiger partial charge in [0, 0.05) is 0 Å². The van der Waals surface area contributed by atoms with Gasteiger partial charge in [-0.05, 0) is 62.4 Å². The smallest absolute Gasteiger partial charge is 0.00146 e. The van der Waals surface area contributed by atoms with Crippen LogP contribution in [0.25, 0.3) is 0 Å². The fourth-order valence-electron chi connectivity index (χ4n) is 3.99. The van der Waals surface area contributed by atoms with Crippen molar-refractivity contribution in [2.75, 3.05) is 13.1 Å². The van der Waals surface area contributed by atoms with Gasteiger partial charge in [0.05, 0.1) is 0 Å². The molecule has 3 aliphatic rings. The monoisotopic (exact) mass is 179 g/mol. The molecule has 1 saturated heterocycles. The maximum absolute atomic E-state index is 3.56. The number of hydrogen-bond acceptors (Lipinski definition) is 1. The van der Waals surface area contributed by atoms with Crippen molar-refractivity contribution in [1.82, 2.24) is 5.32 Å². The molecular weight excluding hydrogens is 158 g/mol. The highest BCUT2D eigenvalue weighted by atomic mass is 14.9. The summed E-state index contributed by atoms with van der Waals surface area (Å²) in [6.45, 7) is 2.62. The van der Waals surface area contributed by atoms with Gasteiger partial charge in [-0.2, -0.15) is 0 Å². The van der Waals surface area contributed by atoms with Gasteiger partial charge in [-0.25, -0.2) is 0 Å². The van der Waals surface area contributed by atoms with Crippen LogP contribution in [0.1, 0.15) is 44.9 Å². The van der Waals surface area contributed by atoms with E-state index in [4.69, 9.17) is 0 Å². The lowest BCUT2D eigenvalue weighted by molar-refractivity contribution is 0.145. The van der Waals surface area contributed by atoms with E-state index in [0.29, 0.717) is 0 Å². The molecule has 2 saturated carbocycles. The van der Waals surface area contributed by atoms with Gasteiger partial charge in [0.2, 0.25) is 0 Å². The Bertz CT molecular complexity index is 183. The third-order valence-electron chi connectivity index (χ3n) is 4.80. The predicted octanol–water partition coefficient (Wildman–Crippen LogP) is 2.57. The van der Waals surface area contributed by atoms with Crippen molar-refractivity contribution in [2.45, 2.75) is 44.9 Å². The summed E-state index contributed by atoms with van der Waals surface area (Å²) >= 11 is 0. The van der Waals surface area contributed by atoms with E-state index in [2.05, 4.69) is 5.32 Å². The topological polar surface area (TPSA) is 12.0 Å². The lowest BCUT2D eigenvalue weighted by atomic mass is 9.69. The Hall–Kier alpha value is -0.0400. The van der Waals surface area contributed by atoms with Gasteiger partial charge in [0.15, 0.2) is 0 Å². The Morgan fingerprint density at radius 1 is 0.923 bits per heavy atom. The third-order valence-corrected chi connectivity index (χ3v) is 4.80. The summed E-state index contributed by atoms with van der Waals surface area (Å²) in [5.74, 6) is 2.18. The average Bonchev–Trinajstić information content (AvgIpc) is 2.73. The molecule has 3 fully saturated rings. The van der Waals surface area contributed by atoms with Gasteiger partial charge < -0.3 is 5.32 Å². The summed E-state index contributed by atoms with van der Waals surface area (Å²) in [5.41, 5.74) is 0.823. The van der Waals surface area contributed by atoms with Gasteiger partial charge in [-0.3, -0.25) is 0 Å². The molecule has 1 N–H and O–H groups in total. The van der Waals surface area contributed by atoms with Crippen LogP contribution in [0.3, 0.4) is 0 Å². The minimum atomic E-state index is 0.823. The Morgan fingerprint density at radius 2 is 1.69 bits per heavy atom. The normalized spacial score (nSPS) is 38.3. The minimum Gasteiger partial charge on any atom is -0.316 e. The van der Waals surface area contributed by atoms with Crippen LogP contribution in [-0.4, -0.2) is 13.1 Å². The number of hydrogen-bond donors (Lipinski definition) is 1. The van der Waals surface area contributed by atoms with Crippen molar-refractivity contribution in [3.05, 3.63) is 0 Å². The van der Waals surface area contributed by atoms with Crippen molar-refractivity contribution >= 4 is 0 Å². The molecule has 3 rings (SSSR count). The first-order valence-electron chi connectivity index (χ1n) is 6.12. The van der Waals surface area contributed by atoms with Crippen LogP contribution < -0.4 is 5.32 Å². The van der Waals surface area contributed by atoms with Crippen LogP contribution in [0.2, 0.25) is 0 Å². The second kappa shape index (κ2) is 2.98. The van der Waals surface area contributed by atoms with Crippen molar-refractivity contribution < 1.29 is 0 Å². The molecule has 1 atom stereocenters. The Morgan fingerprint density at radius 3 is 2.23 bits per heavy atom. The zero-order chi connectivity index (χ0) is 8.73. The third kappa shape index (κ3) is 1.24. The van der Waals surface area contributed by atoms with E-state index in [1.165, 1.54) is 32.4 Å². The molecule has 1 aliphatic heterocycles. The highest BCUT2D eigenvalue weighted by molar-refractivity contribution is 5.02. The maximum Gasteiger partial charge on any atom is -0.00146 e. The summed E-state index contributed by atoms with van der Waals surface area (Å²) in [6.07, 6.45) is 10.7. The average molecular weight is 179 g/mol. The quantitative estimate of drug-likeness (QED) is 0.687. The van der Waals surface area contributed by atoms with E-state index in [1.807, 2.05) is 0 Å². The van der Waals surface area contributed by atoms with Crippen LogP contribution in [0.4, 0.5) is 0 Å². The summed E-state index contributed by atoms with van der Waals surface area (Å²) in [7, 11) is 0. The zero-order valence-electron chi connectivity index (χ0n) is 8.52. The first-order valence-corrected chi connectivity index (χ1v) is 6.12. The van der Waals surface area contributed by atoms with Crippen molar-refractivity contribution in [1.29, 1.82) is 0 Å². The lowest BCUT2D eigenvalue weighted by Crippen LogP contribution is -2.31. The molecule has 13 heavy (non-hydrogen) atoms. The highest BCUT2D eigenvalue weighted by Gasteiger charge is 2.51. The summed E-state index contributed by atoms with van der Waals surface area (Å²) in [4.78, 5) is 0. The van der Waals surface area contributed by atoms with E-state index in [9.17, 15) is 0 Å². The maximum atomic E-state index is 3.56. The van der Waals surface area contributed by atoms with Gasteiger partial charge in [0.1, 0.15) is 0 Å². The molecule has 1 nitrogen and oxygen atoms in total. The van der Waals surface area contributed by atoms with E-state index in [1.54, 1.807) is 25.7 Å². The second-order valence-corrected chi connectivity index (χ2v) is 5.40. The molecule has 1 heteroatoms. The minimum absolute atomic E-state index is 0.823. The molecule has 1 heterocycles. The van der Waals surface area contributed by atoms with E-state index < -0.39 is 0 Å². The van der Waals surface area contributed by atoms with Crippen LogP contribution in [0.5, 0.6) is 0 Å². The molecular formula is C12H21N. The van der Waals surface area contributed by atoms with Crippen LogP contribution in [0, 0.1) is 17.3 Å². The van der Waals surface area contributed by atoms with Gasteiger partial charge in [-0.1, -0.05) is 12.8 Å². The lowest BCUT2D eigenvalue weighted by Gasteiger charge is -2.35. The molecule has 1 unspecified atom stereocenters. The first-order chi connectivity index (χ1) is 6.42. The van der Waals surface area contributed by atoms with Crippen molar-refractivity contribution in [2.24, 2.45) is 17.3 Å². The largest absolute Gasteiger partial charge is 0.316 e. The Labute approximate surface area is 81.3 Å². The molecule has 0 amide bonds. The van der Waals surface area contributed by atoms with Crippen LogP contribution in [0.15, 0.2) is 0 Å². The second-order valence-electron chi connectivity index (χ2n) is 5.40. The standard InChI is InChI=1S/C12H21N/c1-2-7-12(6-1,10-3-4-10)11-5-8-13-9-11/h10-11,13H,1-9H2. The van der Waals surface area contributed by atoms with Crippen LogP contribution in [-0.2, 0) is 0 Å². The van der Waals surface area contributed by atoms with Crippen molar-refractivity contribution in [3.8, 4) is 0 Å². The number of nitrogens with one attached hydrogen (secondary N) is 1. The van der Waals surface area contributed by atoms with Gasteiger partial charge in [-0.15, -0.1) is 0 Å².